The molecule has 4 heterocycles. The number of carbonyl (C=O) groups excluding carboxylic acids is 1. The molecular formula is C21H18F2N6O. The highest BCUT2D eigenvalue weighted by Crippen LogP contribution is 2.36. The van der Waals surface area contributed by atoms with Gasteiger partial charge in [-0.05, 0) is 25.1 Å². The Labute approximate surface area is 170 Å². The molecule has 1 fully saturated rings. The van der Waals surface area contributed by atoms with Gasteiger partial charge in [-0.1, -0.05) is 24.3 Å². The summed E-state index contributed by atoms with van der Waals surface area (Å²) in [6.07, 6.45) is 0.967. The summed E-state index contributed by atoms with van der Waals surface area (Å²) in [5.74, 6) is -3.79. The van der Waals surface area contributed by atoms with Crippen molar-refractivity contribution in [3.63, 3.8) is 0 Å². The van der Waals surface area contributed by atoms with Gasteiger partial charge in [-0.2, -0.15) is 10.1 Å². The van der Waals surface area contributed by atoms with Crippen molar-refractivity contribution in [2.24, 2.45) is 0 Å². The Hall–Kier alpha value is -3.49. The van der Waals surface area contributed by atoms with Crippen LogP contribution in [0, 0.1) is 6.92 Å². The first kappa shape index (κ1) is 18.5. The highest BCUT2D eigenvalue weighted by atomic mass is 19.3. The normalized spacial score (nSPS) is 18.8. The molecule has 1 saturated heterocycles. The fourth-order valence-electron chi connectivity index (χ4n) is 4.05. The zero-order chi connectivity index (χ0) is 20.9. The average molecular weight is 408 g/mol. The Morgan fingerprint density at radius 1 is 1.17 bits per heavy atom. The first-order valence-corrected chi connectivity index (χ1v) is 9.60. The maximum Gasteiger partial charge on any atom is 0.272 e. The van der Waals surface area contributed by atoms with Gasteiger partial charge < -0.3 is 4.90 Å². The molecule has 1 aromatic carbocycles. The molecule has 3 aromatic heterocycles. The van der Waals surface area contributed by atoms with E-state index in [9.17, 15) is 13.6 Å². The number of alkyl halides is 2. The zero-order valence-electron chi connectivity index (χ0n) is 16.2. The van der Waals surface area contributed by atoms with Crippen molar-refractivity contribution >= 4 is 22.6 Å². The molecule has 7 nitrogen and oxygen atoms in total. The smallest absolute Gasteiger partial charge is 0.272 e. The lowest BCUT2D eigenvalue weighted by molar-refractivity contribution is -0.0642. The zero-order valence-corrected chi connectivity index (χ0v) is 16.2. The summed E-state index contributed by atoms with van der Waals surface area (Å²) in [5.41, 5.74) is 2.03. The summed E-state index contributed by atoms with van der Waals surface area (Å²) in [7, 11) is 0. The number of benzene rings is 1. The largest absolute Gasteiger partial charge is 0.331 e. The standard InChI is InChI=1S/C21H18F2N6O/c1-13-8-18(29-20(26-13)24-12-25-29)15-9-21(22,23)11-28(10-15)19(30)17-7-6-14-4-2-3-5-16(14)27-17/h2-8,12,15H,9-11H2,1H3. The fourth-order valence-corrected chi connectivity index (χ4v) is 4.05. The van der Waals surface area contributed by atoms with E-state index in [2.05, 4.69) is 20.1 Å². The molecule has 9 heteroatoms. The molecule has 0 spiro atoms. The van der Waals surface area contributed by atoms with Gasteiger partial charge in [-0.25, -0.2) is 23.3 Å². The number of aryl methyl sites for hydroxylation is 1. The minimum atomic E-state index is -3.03. The van der Waals surface area contributed by atoms with E-state index in [4.69, 9.17) is 0 Å². The van der Waals surface area contributed by atoms with Crippen LogP contribution in [0.4, 0.5) is 8.78 Å². The quantitative estimate of drug-likeness (QED) is 0.509. The molecule has 0 saturated carbocycles. The fraction of sp³-hybridized carbons (Fsp3) is 0.286. The predicted octanol–water partition coefficient (Wildman–Crippen LogP) is 3.25. The first-order valence-electron chi connectivity index (χ1n) is 9.60. The second-order valence-corrected chi connectivity index (χ2v) is 7.63. The van der Waals surface area contributed by atoms with Crippen LogP contribution in [0.1, 0.15) is 34.2 Å². The van der Waals surface area contributed by atoms with Gasteiger partial charge in [0, 0.05) is 30.0 Å². The number of nitrogens with zero attached hydrogens (tertiary/aromatic N) is 6. The first-order chi connectivity index (χ1) is 14.4. The molecule has 1 aliphatic heterocycles. The minimum Gasteiger partial charge on any atom is -0.331 e. The van der Waals surface area contributed by atoms with E-state index in [1.54, 1.807) is 31.2 Å². The van der Waals surface area contributed by atoms with Crippen molar-refractivity contribution in [1.29, 1.82) is 0 Å². The molecular weight excluding hydrogens is 390 g/mol. The summed E-state index contributed by atoms with van der Waals surface area (Å²) in [4.78, 5) is 27.0. The maximum absolute atomic E-state index is 14.7. The number of rotatable bonds is 2. The van der Waals surface area contributed by atoms with E-state index in [1.807, 2.05) is 18.2 Å². The lowest BCUT2D eigenvalue weighted by atomic mass is 9.91. The van der Waals surface area contributed by atoms with E-state index < -0.39 is 24.3 Å². The van der Waals surface area contributed by atoms with Crippen LogP contribution < -0.4 is 0 Å². The number of hydrogen-bond donors (Lipinski definition) is 0. The van der Waals surface area contributed by atoms with Crippen LogP contribution in [-0.4, -0.2) is 54.4 Å². The van der Waals surface area contributed by atoms with Crippen molar-refractivity contribution in [1.82, 2.24) is 29.5 Å². The Morgan fingerprint density at radius 3 is 2.87 bits per heavy atom. The van der Waals surface area contributed by atoms with Crippen LogP contribution in [0.3, 0.4) is 0 Å². The second kappa shape index (κ2) is 6.79. The number of piperidine rings is 1. The Balaban J connectivity index is 1.50. The summed E-state index contributed by atoms with van der Waals surface area (Å²) in [6, 6.07) is 12.5. The van der Waals surface area contributed by atoms with Crippen LogP contribution in [0.15, 0.2) is 48.8 Å². The number of carbonyl (C=O) groups is 1. The van der Waals surface area contributed by atoms with Gasteiger partial charge in [0.25, 0.3) is 17.6 Å². The molecule has 0 aliphatic carbocycles. The third-order valence-corrected chi connectivity index (χ3v) is 5.34. The third kappa shape index (κ3) is 3.26. The molecule has 30 heavy (non-hydrogen) atoms. The third-order valence-electron chi connectivity index (χ3n) is 5.34. The van der Waals surface area contributed by atoms with Crippen LogP contribution in [0.5, 0.6) is 0 Å². The van der Waals surface area contributed by atoms with Crippen LogP contribution in [-0.2, 0) is 0 Å². The van der Waals surface area contributed by atoms with Gasteiger partial charge in [0.2, 0.25) is 0 Å². The van der Waals surface area contributed by atoms with Crippen LogP contribution in [0.25, 0.3) is 16.7 Å². The number of likely N-dealkylation sites (tertiary alicyclic amines) is 1. The molecule has 1 atom stereocenters. The highest BCUT2D eigenvalue weighted by molar-refractivity contribution is 5.95. The summed E-state index contributed by atoms with van der Waals surface area (Å²) >= 11 is 0. The number of para-hydroxylation sites is 1. The molecule has 0 N–H and O–H groups in total. The number of aromatic nitrogens is 5. The lowest BCUT2D eigenvalue weighted by Crippen LogP contribution is -2.49. The Bertz CT molecular complexity index is 1270. The van der Waals surface area contributed by atoms with Crippen LogP contribution >= 0.6 is 0 Å². The second-order valence-electron chi connectivity index (χ2n) is 7.63. The van der Waals surface area contributed by atoms with Gasteiger partial charge in [0.1, 0.15) is 12.0 Å². The topological polar surface area (TPSA) is 76.3 Å². The van der Waals surface area contributed by atoms with Crippen molar-refractivity contribution in [3.8, 4) is 0 Å². The van der Waals surface area contributed by atoms with Gasteiger partial charge in [-0.15, -0.1) is 0 Å². The van der Waals surface area contributed by atoms with Gasteiger partial charge in [0.15, 0.2) is 0 Å². The minimum absolute atomic E-state index is 0.140. The lowest BCUT2D eigenvalue weighted by Gasteiger charge is -2.37. The van der Waals surface area contributed by atoms with E-state index in [0.717, 1.165) is 5.39 Å². The van der Waals surface area contributed by atoms with E-state index >= 15 is 0 Å². The molecule has 0 bridgehead atoms. The number of fused-ring (bicyclic) bond motifs is 2. The van der Waals surface area contributed by atoms with Gasteiger partial charge in [-0.3, -0.25) is 4.79 Å². The van der Waals surface area contributed by atoms with Crippen molar-refractivity contribution in [3.05, 3.63) is 65.9 Å². The van der Waals surface area contributed by atoms with Gasteiger partial charge in [0.05, 0.1) is 17.8 Å². The predicted molar refractivity (Wildman–Crippen MR) is 105 cm³/mol. The van der Waals surface area contributed by atoms with Gasteiger partial charge >= 0.3 is 0 Å². The number of halogens is 2. The van der Waals surface area contributed by atoms with Crippen molar-refractivity contribution in [2.75, 3.05) is 13.1 Å². The number of hydrogen-bond acceptors (Lipinski definition) is 5. The van der Waals surface area contributed by atoms with E-state index in [-0.39, 0.29) is 18.7 Å². The van der Waals surface area contributed by atoms with E-state index in [1.165, 1.54) is 15.7 Å². The monoisotopic (exact) mass is 408 g/mol. The molecule has 1 aliphatic rings. The maximum atomic E-state index is 14.7. The molecule has 152 valence electrons. The summed E-state index contributed by atoms with van der Waals surface area (Å²) in [5, 5.41) is 5.01. The molecule has 0 radical (unpaired) electrons. The average Bonchev–Trinajstić information content (AvgIpc) is 3.19. The summed E-state index contributed by atoms with van der Waals surface area (Å²) in [6.45, 7) is 1.28. The SMILES string of the molecule is Cc1cc(C2CN(C(=O)c3ccc4ccccc4n3)CC(F)(F)C2)n2ncnc2n1. The molecule has 1 amide bonds. The molecule has 5 rings (SSSR count). The van der Waals surface area contributed by atoms with Crippen molar-refractivity contribution in [2.45, 2.75) is 25.2 Å². The number of amides is 1. The van der Waals surface area contributed by atoms with Crippen molar-refractivity contribution < 1.29 is 13.6 Å². The molecule has 1 unspecified atom stereocenters. The molecule has 4 aromatic rings. The summed E-state index contributed by atoms with van der Waals surface area (Å²) < 4.78 is 30.8. The highest BCUT2D eigenvalue weighted by Gasteiger charge is 2.43. The number of pyridine rings is 1. The Morgan fingerprint density at radius 2 is 2.00 bits per heavy atom. The van der Waals surface area contributed by atoms with E-state index in [0.29, 0.717) is 22.7 Å². The Kier molecular flexibility index (Phi) is 4.19. The van der Waals surface area contributed by atoms with Crippen LogP contribution in [0.2, 0.25) is 0 Å².